The van der Waals surface area contributed by atoms with E-state index < -0.39 is 23.1 Å². The van der Waals surface area contributed by atoms with Crippen LogP contribution < -0.4 is 0 Å². The molecule has 1 aromatic heterocycles. The first kappa shape index (κ1) is 15.0. The topological polar surface area (TPSA) is 99.7 Å². The molecular formula is C17H18N2O5. The highest BCUT2D eigenvalue weighted by Crippen LogP contribution is 2.66. The molecule has 2 atom stereocenters. The quantitative estimate of drug-likeness (QED) is 0.823. The summed E-state index contributed by atoms with van der Waals surface area (Å²) in [5, 5.41) is 9.18. The summed E-state index contributed by atoms with van der Waals surface area (Å²) in [6.07, 6.45) is 1.79. The Hall–Kier alpha value is -2.57. The van der Waals surface area contributed by atoms with Gasteiger partial charge in [0.2, 0.25) is 5.78 Å². The van der Waals surface area contributed by atoms with Crippen molar-refractivity contribution in [2.45, 2.75) is 38.2 Å². The first-order valence-electron chi connectivity index (χ1n) is 7.87. The first-order valence-corrected chi connectivity index (χ1v) is 7.87. The number of carboxylic acids is 1. The van der Waals surface area contributed by atoms with Crippen molar-refractivity contribution in [2.75, 3.05) is 6.54 Å². The summed E-state index contributed by atoms with van der Waals surface area (Å²) in [6, 6.07) is 1.53. The molecule has 2 aliphatic carbocycles. The minimum Gasteiger partial charge on any atom is -0.477 e. The number of piperidine rings is 1. The largest absolute Gasteiger partial charge is 0.477 e. The summed E-state index contributed by atoms with van der Waals surface area (Å²) < 4.78 is 5.44. The number of ketones is 1. The average Bonchev–Trinajstić information content (AvgIpc) is 2.84. The molecule has 24 heavy (non-hydrogen) atoms. The summed E-state index contributed by atoms with van der Waals surface area (Å²) in [4.78, 5) is 40.3. The molecule has 2 fully saturated rings. The lowest BCUT2D eigenvalue weighted by molar-refractivity contribution is 0.0322. The number of carbonyl (C=O) groups is 3. The van der Waals surface area contributed by atoms with Crippen molar-refractivity contribution >= 4 is 17.8 Å². The number of amides is 1. The van der Waals surface area contributed by atoms with Crippen LogP contribution in [0.25, 0.3) is 0 Å². The minimum absolute atomic E-state index is 0.00116. The lowest BCUT2D eigenvalue weighted by atomic mass is 9.85. The van der Waals surface area contributed by atoms with Crippen LogP contribution in [0.4, 0.5) is 4.79 Å². The van der Waals surface area contributed by atoms with Crippen molar-refractivity contribution < 1.29 is 24.2 Å². The van der Waals surface area contributed by atoms with E-state index in [1.54, 1.807) is 20.8 Å². The molecule has 4 rings (SSSR count). The molecule has 1 amide bonds. The Labute approximate surface area is 138 Å². The third kappa shape index (κ3) is 1.87. The van der Waals surface area contributed by atoms with Crippen molar-refractivity contribution in [3.05, 3.63) is 34.8 Å². The molecule has 2 unspecified atom stereocenters. The maximum atomic E-state index is 12.5. The van der Waals surface area contributed by atoms with Gasteiger partial charge in [0, 0.05) is 23.7 Å². The fourth-order valence-corrected chi connectivity index (χ4v) is 3.90. The molecule has 0 bridgehead atoms. The van der Waals surface area contributed by atoms with Crippen LogP contribution in [-0.4, -0.2) is 45.0 Å². The van der Waals surface area contributed by atoms with Gasteiger partial charge in [0.25, 0.3) is 0 Å². The van der Waals surface area contributed by atoms with E-state index in [0.717, 1.165) is 6.42 Å². The minimum atomic E-state index is -1.10. The molecule has 1 saturated carbocycles. The second kappa shape index (κ2) is 4.28. The van der Waals surface area contributed by atoms with Gasteiger partial charge in [-0.25, -0.2) is 9.59 Å². The number of hydrogen-bond acceptors (Lipinski definition) is 4. The molecule has 2 N–H and O–H groups in total. The van der Waals surface area contributed by atoms with Crippen molar-refractivity contribution in [3.8, 4) is 0 Å². The molecule has 7 heteroatoms. The van der Waals surface area contributed by atoms with Crippen LogP contribution >= 0.6 is 0 Å². The SMILES string of the molecule is CC(C)(C)OC(=O)N1CC2CC23C1=CC(=O)c1[nH]c(C(=O)O)cc13. The summed E-state index contributed by atoms with van der Waals surface area (Å²) in [5.74, 6) is -1.21. The van der Waals surface area contributed by atoms with E-state index in [9.17, 15) is 19.5 Å². The molecule has 126 valence electrons. The summed E-state index contributed by atoms with van der Waals surface area (Å²) in [6.45, 7) is 5.87. The van der Waals surface area contributed by atoms with Crippen LogP contribution in [0.3, 0.4) is 0 Å². The molecule has 1 aliphatic heterocycles. The Bertz CT molecular complexity index is 829. The highest BCUT2D eigenvalue weighted by Gasteiger charge is 2.68. The third-order valence-electron chi connectivity index (χ3n) is 4.91. The van der Waals surface area contributed by atoms with Gasteiger partial charge < -0.3 is 14.8 Å². The van der Waals surface area contributed by atoms with Gasteiger partial charge in [0.05, 0.1) is 5.69 Å². The second-order valence-corrected chi connectivity index (χ2v) is 7.63. The predicted octanol–water partition coefficient (Wildman–Crippen LogP) is 2.30. The highest BCUT2D eigenvalue weighted by molar-refractivity contribution is 6.09. The Morgan fingerprint density at radius 3 is 2.75 bits per heavy atom. The Morgan fingerprint density at radius 1 is 1.42 bits per heavy atom. The number of allylic oxidation sites excluding steroid dienone is 2. The number of likely N-dealkylation sites (tertiary alicyclic amines) is 1. The normalized spacial score (nSPS) is 27.1. The standard InChI is InChI=1S/C17H18N2O5/c1-16(2,3)24-15(23)19-7-8-6-17(8)9-4-10(14(21)22)18-13(9)11(20)5-12(17)19/h4-5,8,18H,6-7H2,1-3H3,(H,21,22). The van der Waals surface area contributed by atoms with E-state index in [-0.39, 0.29) is 17.4 Å². The molecule has 1 spiro atoms. The third-order valence-corrected chi connectivity index (χ3v) is 4.91. The van der Waals surface area contributed by atoms with E-state index in [2.05, 4.69) is 4.98 Å². The van der Waals surface area contributed by atoms with E-state index in [0.29, 0.717) is 23.5 Å². The smallest absolute Gasteiger partial charge is 0.414 e. The molecule has 1 saturated heterocycles. The summed E-state index contributed by atoms with van der Waals surface area (Å²) in [7, 11) is 0. The van der Waals surface area contributed by atoms with Crippen LogP contribution in [0.15, 0.2) is 17.8 Å². The number of fused-ring (bicyclic) bond motifs is 1. The number of hydrogen-bond donors (Lipinski definition) is 2. The van der Waals surface area contributed by atoms with Gasteiger partial charge >= 0.3 is 12.1 Å². The molecule has 7 nitrogen and oxygen atoms in total. The Kier molecular flexibility index (Phi) is 2.68. The van der Waals surface area contributed by atoms with Gasteiger partial charge in [-0.1, -0.05) is 0 Å². The number of H-pyrrole nitrogens is 1. The molecule has 0 aromatic carbocycles. The molecule has 3 aliphatic rings. The number of aromatic amines is 1. The van der Waals surface area contributed by atoms with Crippen LogP contribution in [0.5, 0.6) is 0 Å². The van der Waals surface area contributed by atoms with Crippen LogP contribution in [-0.2, 0) is 10.2 Å². The Balaban J connectivity index is 1.73. The van der Waals surface area contributed by atoms with E-state index in [1.165, 1.54) is 17.0 Å². The van der Waals surface area contributed by atoms with Crippen molar-refractivity contribution in [3.63, 3.8) is 0 Å². The number of aromatic carboxylic acids is 1. The second-order valence-electron chi connectivity index (χ2n) is 7.63. The number of nitrogens with one attached hydrogen (secondary N) is 1. The zero-order chi connectivity index (χ0) is 17.4. The lowest BCUT2D eigenvalue weighted by Crippen LogP contribution is -2.37. The number of carbonyl (C=O) groups excluding carboxylic acids is 2. The fraction of sp³-hybridized carbons (Fsp3) is 0.471. The number of nitrogens with zero attached hydrogens (tertiary/aromatic N) is 1. The monoisotopic (exact) mass is 330 g/mol. The molecule has 0 radical (unpaired) electrons. The van der Waals surface area contributed by atoms with Crippen LogP contribution in [0, 0.1) is 5.92 Å². The van der Waals surface area contributed by atoms with Crippen LogP contribution in [0.1, 0.15) is 53.7 Å². The first-order chi connectivity index (χ1) is 11.1. The van der Waals surface area contributed by atoms with E-state index in [4.69, 9.17) is 4.74 Å². The van der Waals surface area contributed by atoms with Gasteiger partial charge in [-0.15, -0.1) is 0 Å². The molecular weight excluding hydrogens is 312 g/mol. The Morgan fingerprint density at radius 2 is 2.12 bits per heavy atom. The van der Waals surface area contributed by atoms with Gasteiger partial charge in [-0.3, -0.25) is 9.69 Å². The van der Waals surface area contributed by atoms with Crippen LogP contribution in [0.2, 0.25) is 0 Å². The zero-order valence-electron chi connectivity index (χ0n) is 13.7. The maximum absolute atomic E-state index is 12.5. The predicted molar refractivity (Wildman–Crippen MR) is 82.9 cm³/mol. The zero-order valence-corrected chi connectivity index (χ0v) is 13.7. The number of carboxylic acid groups (broad SMARTS) is 1. The van der Waals surface area contributed by atoms with E-state index in [1.807, 2.05) is 0 Å². The number of ether oxygens (including phenoxy) is 1. The van der Waals surface area contributed by atoms with E-state index >= 15 is 0 Å². The van der Waals surface area contributed by atoms with Crippen molar-refractivity contribution in [1.82, 2.24) is 9.88 Å². The number of rotatable bonds is 1. The van der Waals surface area contributed by atoms with Gasteiger partial charge in [0.1, 0.15) is 11.3 Å². The lowest BCUT2D eigenvalue weighted by Gasteiger charge is -2.30. The maximum Gasteiger partial charge on any atom is 0.414 e. The van der Waals surface area contributed by atoms with Crippen molar-refractivity contribution in [2.24, 2.45) is 5.92 Å². The molecule has 1 aromatic rings. The fourth-order valence-electron chi connectivity index (χ4n) is 3.90. The van der Waals surface area contributed by atoms with Gasteiger partial charge in [0.15, 0.2) is 0 Å². The van der Waals surface area contributed by atoms with Crippen molar-refractivity contribution in [1.29, 1.82) is 0 Å². The number of aromatic nitrogens is 1. The van der Waals surface area contributed by atoms with Gasteiger partial charge in [-0.05, 0) is 44.7 Å². The summed E-state index contributed by atoms with van der Waals surface area (Å²) in [5.41, 5.74) is 0.605. The van der Waals surface area contributed by atoms with Gasteiger partial charge in [-0.2, -0.15) is 0 Å². The highest BCUT2D eigenvalue weighted by atomic mass is 16.6. The average molecular weight is 330 g/mol. The molecule has 2 heterocycles. The summed E-state index contributed by atoms with van der Waals surface area (Å²) >= 11 is 0.